The molecule has 2 N–H and O–H groups in total. The van der Waals surface area contributed by atoms with Crippen molar-refractivity contribution in [3.8, 4) is 0 Å². The Labute approximate surface area is 115 Å². The minimum absolute atomic E-state index is 0.267. The van der Waals surface area contributed by atoms with E-state index in [4.69, 9.17) is 5.73 Å². The fraction of sp³-hybridized carbons (Fsp3) is 0.600. The molecule has 0 saturated heterocycles. The van der Waals surface area contributed by atoms with Crippen molar-refractivity contribution in [3.63, 3.8) is 0 Å². The Balaban J connectivity index is 0. The van der Waals surface area contributed by atoms with Gasteiger partial charge in [-0.3, -0.25) is 0 Å². The Morgan fingerprint density at radius 3 is 1.95 bits per heavy atom. The Morgan fingerprint density at radius 1 is 1.16 bits per heavy atom. The summed E-state index contributed by atoms with van der Waals surface area (Å²) in [6, 6.07) is 1.77. The van der Waals surface area contributed by atoms with E-state index in [1.807, 2.05) is 20.8 Å². The second-order valence-electron chi connectivity index (χ2n) is 4.03. The van der Waals surface area contributed by atoms with Crippen LogP contribution in [-0.2, 0) is 0 Å². The maximum atomic E-state index is 13.4. The standard InChI is InChI=1S/C12H18FN.C2H6.CH2F2/c1-5-7(2)10-6-11(14)12(13)9(4)8(10)3;1-2;2-1-3/h6-7H,5,14H2,1-4H3;1-2H3;1H2. The first-order chi connectivity index (χ1) is 8.90. The van der Waals surface area contributed by atoms with Gasteiger partial charge in [-0.2, -0.15) is 0 Å². The SMILES string of the molecule is CC.CCC(C)c1cc(N)c(F)c(C)c1C.FCF. The number of nitrogens with two attached hydrogens (primary N) is 1. The molecule has 0 aliphatic rings. The third kappa shape index (κ3) is 5.99. The summed E-state index contributed by atoms with van der Waals surface area (Å²) in [7, 11) is 0. The number of hydrogen-bond acceptors (Lipinski definition) is 1. The van der Waals surface area contributed by atoms with Gasteiger partial charge in [-0.25, -0.2) is 13.2 Å². The molecule has 0 heterocycles. The summed E-state index contributed by atoms with van der Waals surface area (Å²) >= 11 is 0. The van der Waals surface area contributed by atoms with Crippen LogP contribution >= 0.6 is 0 Å². The fourth-order valence-electron chi connectivity index (χ4n) is 1.67. The van der Waals surface area contributed by atoms with Crippen LogP contribution in [0.1, 0.15) is 56.7 Å². The molecular weight excluding hydrogens is 251 g/mol. The molecule has 1 unspecified atom stereocenters. The Morgan fingerprint density at radius 2 is 1.58 bits per heavy atom. The van der Waals surface area contributed by atoms with Gasteiger partial charge in [-0.05, 0) is 48.9 Å². The third-order valence-electron chi connectivity index (χ3n) is 3.03. The molecule has 0 aromatic heterocycles. The molecule has 112 valence electrons. The van der Waals surface area contributed by atoms with E-state index in [0.29, 0.717) is 11.5 Å². The van der Waals surface area contributed by atoms with Crippen molar-refractivity contribution in [2.75, 3.05) is 12.7 Å². The van der Waals surface area contributed by atoms with Gasteiger partial charge in [0.25, 0.3) is 0 Å². The van der Waals surface area contributed by atoms with Crippen molar-refractivity contribution in [1.82, 2.24) is 0 Å². The molecule has 0 spiro atoms. The van der Waals surface area contributed by atoms with Crippen molar-refractivity contribution < 1.29 is 13.2 Å². The molecule has 0 aliphatic carbocycles. The minimum atomic E-state index is -1.75. The second-order valence-corrected chi connectivity index (χ2v) is 4.03. The van der Waals surface area contributed by atoms with Gasteiger partial charge in [0.15, 0.2) is 0 Å². The average Bonchev–Trinajstić information content (AvgIpc) is 2.42. The van der Waals surface area contributed by atoms with Crippen LogP contribution in [0.25, 0.3) is 0 Å². The third-order valence-corrected chi connectivity index (χ3v) is 3.03. The molecule has 1 aromatic rings. The lowest BCUT2D eigenvalue weighted by atomic mass is 9.91. The van der Waals surface area contributed by atoms with Gasteiger partial charge in [-0.1, -0.05) is 27.7 Å². The van der Waals surface area contributed by atoms with Gasteiger partial charge in [-0.15, -0.1) is 0 Å². The normalized spacial score (nSPS) is 10.8. The molecule has 1 atom stereocenters. The van der Waals surface area contributed by atoms with Crippen molar-refractivity contribution in [2.24, 2.45) is 0 Å². The zero-order valence-corrected chi connectivity index (χ0v) is 12.8. The lowest BCUT2D eigenvalue weighted by Crippen LogP contribution is -2.03. The second kappa shape index (κ2) is 10.7. The average molecular weight is 277 g/mol. The van der Waals surface area contributed by atoms with Crippen LogP contribution in [0.4, 0.5) is 18.9 Å². The number of halogens is 3. The number of anilines is 1. The van der Waals surface area contributed by atoms with E-state index in [1.54, 1.807) is 13.0 Å². The number of nitrogen functional groups attached to an aromatic ring is 1. The molecule has 4 heteroatoms. The first-order valence-electron chi connectivity index (χ1n) is 6.57. The van der Waals surface area contributed by atoms with E-state index in [0.717, 1.165) is 12.0 Å². The monoisotopic (exact) mass is 277 g/mol. The molecule has 19 heavy (non-hydrogen) atoms. The summed E-state index contributed by atoms with van der Waals surface area (Å²) in [6.07, 6.45) is 1.05. The van der Waals surface area contributed by atoms with Crippen LogP contribution in [0.3, 0.4) is 0 Å². The van der Waals surface area contributed by atoms with Crippen LogP contribution in [0.15, 0.2) is 6.07 Å². The zero-order chi connectivity index (χ0) is 15.6. The van der Waals surface area contributed by atoms with Crippen LogP contribution in [0.5, 0.6) is 0 Å². The highest BCUT2D eigenvalue weighted by atomic mass is 19.3. The highest BCUT2D eigenvalue weighted by Gasteiger charge is 2.13. The highest BCUT2D eigenvalue weighted by Crippen LogP contribution is 2.29. The van der Waals surface area contributed by atoms with E-state index < -0.39 is 6.93 Å². The van der Waals surface area contributed by atoms with Gasteiger partial charge in [0, 0.05) is 0 Å². The van der Waals surface area contributed by atoms with Crippen LogP contribution in [-0.4, -0.2) is 6.93 Å². The van der Waals surface area contributed by atoms with Crippen molar-refractivity contribution in [2.45, 2.75) is 53.9 Å². The summed E-state index contributed by atoms with van der Waals surface area (Å²) in [6.45, 7) is 10.3. The molecule has 0 amide bonds. The number of rotatable bonds is 2. The smallest absolute Gasteiger partial charge is 0.229 e. The molecule has 1 rings (SSSR count). The highest BCUT2D eigenvalue weighted by molar-refractivity contribution is 5.51. The molecular formula is C15H26F3N. The maximum absolute atomic E-state index is 13.4. The minimum Gasteiger partial charge on any atom is -0.396 e. The molecule has 0 aliphatic heterocycles. The molecule has 0 bridgehead atoms. The summed E-state index contributed by atoms with van der Waals surface area (Å²) in [5.41, 5.74) is 8.76. The van der Waals surface area contributed by atoms with E-state index >= 15 is 0 Å². The van der Waals surface area contributed by atoms with Crippen molar-refractivity contribution >= 4 is 5.69 Å². The van der Waals surface area contributed by atoms with E-state index in [1.165, 1.54) is 5.56 Å². The zero-order valence-electron chi connectivity index (χ0n) is 12.8. The van der Waals surface area contributed by atoms with Crippen LogP contribution < -0.4 is 5.73 Å². The van der Waals surface area contributed by atoms with Crippen LogP contribution in [0, 0.1) is 19.7 Å². The molecule has 1 nitrogen and oxygen atoms in total. The summed E-state index contributed by atoms with van der Waals surface area (Å²) in [5, 5.41) is 0. The summed E-state index contributed by atoms with van der Waals surface area (Å²) in [4.78, 5) is 0. The molecule has 1 aromatic carbocycles. The van der Waals surface area contributed by atoms with Gasteiger partial charge in [0.2, 0.25) is 6.93 Å². The van der Waals surface area contributed by atoms with E-state index in [9.17, 15) is 13.2 Å². The van der Waals surface area contributed by atoms with Gasteiger partial charge < -0.3 is 5.73 Å². The topological polar surface area (TPSA) is 26.0 Å². The quantitative estimate of drug-likeness (QED) is 0.715. The van der Waals surface area contributed by atoms with Crippen LogP contribution in [0.2, 0.25) is 0 Å². The Kier molecular flexibility index (Phi) is 11.3. The summed E-state index contributed by atoms with van der Waals surface area (Å²) in [5.74, 6) is 0.172. The summed E-state index contributed by atoms with van der Waals surface area (Å²) < 4.78 is 32.7. The molecule has 0 saturated carbocycles. The number of benzene rings is 1. The molecule has 0 fully saturated rings. The van der Waals surface area contributed by atoms with Crippen molar-refractivity contribution in [1.29, 1.82) is 0 Å². The van der Waals surface area contributed by atoms with Gasteiger partial charge >= 0.3 is 0 Å². The number of alkyl halides is 2. The lowest BCUT2D eigenvalue weighted by Gasteiger charge is -2.16. The van der Waals surface area contributed by atoms with Gasteiger partial charge in [0.05, 0.1) is 5.69 Å². The first-order valence-corrected chi connectivity index (χ1v) is 6.57. The number of hydrogen-bond donors (Lipinski definition) is 1. The van der Waals surface area contributed by atoms with E-state index in [-0.39, 0.29) is 11.5 Å². The van der Waals surface area contributed by atoms with Crippen molar-refractivity contribution in [3.05, 3.63) is 28.6 Å². The van der Waals surface area contributed by atoms with E-state index in [2.05, 4.69) is 13.8 Å². The Hall–Kier alpha value is -1.19. The predicted molar refractivity (Wildman–Crippen MR) is 77.4 cm³/mol. The first kappa shape index (κ1) is 20.1. The maximum Gasteiger partial charge on any atom is 0.229 e. The Bertz CT molecular complexity index is 365. The van der Waals surface area contributed by atoms with Gasteiger partial charge in [0.1, 0.15) is 5.82 Å². The lowest BCUT2D eigenvalue weighted by molar-refractivity contribution is 0.295. The predicted octanol–water partition coefficient (Wildman–Crippen LogP) is 5.45. The molecule has 0 radical (unpaired) electrons. The fourth-order valence-corrected chi connectivity index (χ4v) is 1.67. The largest absolute Gasteiger partial charge is 0.396 e.